The van der Waals surface area contributed by atoms with Crippen molar-refractivity contribution in [3.8, 4) is 0 Å². The summed E-state index contributed by atoms with van der Waals surface area (Å²) in [5.41, 5.74) is 9.19. The largest absolute Gasteiger partial charge is 0.397 e. The van der Waals surface area contributed by atoms with E-state index in [1.165, 1.54) is 6.20 Å². The molecular weight excluding hydrogens is 432 g/mol. The number of anilines is 1. The molecule has 2 aromatic heterocycles. The van der Waals surface area contributed by atoms with E-state index >= 15 is 0 Å². The van der Waals surface area contributed by atoms with Crippen LogP contribution in [0.3, 0.4) is 0 Å². The number of rotatable bonds is 2. The van der Waals surface area contributed by atoms with Gasteiger partial charge in [0.15, 0.2) is 0 Å². The van der Waals surface area contributed by atoms with Crippen molar-refractivity contribution in [1.82, 2.24) is 20.8 Å². The lowest BCUT2D eigenvalue weighted by atomic mass is 10.1. The Balaban J connectivity index is 1.59. The second kappa shape index (κ2) is 7.65. The number of aromatic amines is 1. The van der Waals surface area contributed by atoms with Crippen LogP contribution in [0, 0.1) is 11.6 Å². The zero-order chi connectivity index (χ0) is 22.3. The first-order valence-electron chi connectivity index (χ1n) is 8.71. The molecule has 0 aliphatic heterocycles. The summed E-state index contributed by atoms with van der Waals surface area (Å²) in [5.74, 6) is -3.82. The highest BCUT2D eigenvalue weighted by molar-refractivity contribution is 6.31. The van der Waals surface area contributed by atoms with Crippen LogP contribution in [0.5, 0.6) is 0 Å². The number of carbonyl (C=O) groups is 2. The fraction of sp³-hybridized carbons (Fsp3) is 0. The zero-order valence-electron chi connectivity index (χ0n) is 15.4. The van der Waals surface area contributed by atoms with E-state index in [1.54, 1.807) is 18.2 Å². The summed E-state index contributed by atoms with van der Waals surface area (Å²) in [6.07, 6.45) is 2.21. The van der Waals surface area contributed by atoms with Crippen molar-refractivity contribution < 1.29 is 18.4 Å². The van der Waals surface area contributed by atoms with Gasteiger partial charge in [-0.05, 0) is 24.3 Å². The lowest BCUT2D eigenvalue weighted by molar-refractivity contribution is 0.0846. The second-order valence-electron chi connectivity index (χ2n) is 6.50. The molecule has 0 bridgehead atoms. The lowest BCUT2D eigenvalue weighted by Crippen LogP contribution is -2.43. The van der Waals surface area contributed by atoms with Crippen LogP contribution < -0.4 is 22.0 Å². The number of hydrazine groups is 1. The van der Waals surface area contributed by atoms with E-state index in [9.17, 15) is 23.2 Å². The Kier molecular flexibility index (Phi) is 4.99. The molecular formula is C20H12ClF2N5O3. The van der Waals surface area contributed by atoms with Crippen molar-refractivity contribution in [3.05, 3.63) is 80.7 Å². The van der Waals surface area contributed by atoms with Crippen molar-refractivity contribution in [2.24, 2.45) is 0 Å². The molecule has 2 aromatic carbocycles. The maximum atomic E-state index is 14.0. The Morgan fingerprint density at radius 1 is 1.06 bits per heavy atom. The Morgan fingerprint density at radius 3 is 2.52 bits per heavy atom. The van der Waals surface area contributed by atoms with Gasteiger partial charge in [0.05, 0.1) is 27.7 Å². The average molecular weight is 444 g/mol. The number of hydrogen-bond donors (Lipinski definition) is 4. The molecule has 5 N–H and O–H groups in total. The molecule has 0 unspecified atom stereocenters. The molecule has 2 amide bonds. The molecule has 4 aromatic rings. The highest BCUT2D eigenvalue weighted by atomic mass is 35.5. The maximum absolute atomic E-state index is 14.0. The molecule has 11 heteroatoms. The number of pyridine rings is 2. The number of fused-ring (bicyclic) bond motifs is 2. The molecule has 0 spiro atoms. The predicted molar refractivity (Wildman–Crippen MR) is 111 cm³/mol. The number of nitrogens with zero attached hydrogens (tertiary/aromatic N) is 1. The molecule has 0 atom stereocenters. The van der Waals surface area contributed by atoms with Gasteiger partial charge in [0.25, 0.3) is 11.8 Å². The van der Waals surface area contributed by atoms with Gasteiger partial charge in [-0.1, -0.05) is 11.6 Å². The molecule has 8 nitrogen and oxygen atoms in total. The van der Waals surface area contributed by atoms with Gasteiger partial charge in [-0.2, -0.15) is 0 Å². The molecule has 0 aliphatic carbocycles. The standard InChI is InChI=1S/C20H12ClF2N5O3/c21-8-1-2-14-10(3-8)17(24)11(6-25-14)19(30)27-28-20(31)12-7-26-15-5-9(22)4-13(23)16(15)18(12)29/h1-7H,(H2,24,25)(H,26,29)(H,27,30)(H,28,31). The van der Waals surface area contributed by atoms with E-state index < -0.39 is 39.8 Å². The van der Waals surface area contributed by atoms with Gasteiger partial charge in [-0.25, -0.2) is 8.78 Å². The van der Waals surface area contributed by atoms with E-state index in [-0.39, 0.29) is 16.8 Å². The number of nitrogens with two attached hydrogens (primary N) is 1. The quantitative estimate of drug-likeness (QED) is 0.354. The average Bonchev–Trinajstić information content (AvgIpc) is 2.72. The molecule has 0 saturated heterocycles. The van der Waals surface area contributed by atoms with Crippen LogP contribution in [0.15, 0.2) is 47.5 Å². The van der Waals surface area contributed by atoms with Crippen LogP contribution in [0.1, 0.15) is 20.7 Å². The molecule has 0 radical (unpaired) electrons. The van der Waals surface area contributed by atoms with Gasteiger partial charge in [0, 0.05) is 28.9 Å². The molecule has 156 valence electrons. The van der Waals surface area contributed by atoms with E-state index in [0.29, 0.717) is 22.0 Å². The van der Waals surface area contributed by atoms with Gasteiger partial charge in [-0.15, -0.1) is 0 Å². The lowest BCUT2D eigenvalue weighted by Gasteiger charge is -2.11. The zero-order valence-corrected chi connectivity index (χ0v) is 16.2. The third-order valence-corrected chi connectivity index (χ3v) is 4.78. The van der Waals surface area contributed by atoms with Crippen LogP contribution >= 0.6 is 11.6 Å². The molecule has 2 heterocycles. The molecule has 0 saturated carbocycles. The summed E-state index contributed by atoms with van der Waals surface area (Å²) >= 11 is 5.95. The first kappa shape index (κ1) is 20.2. The first-order chi connectivity index (χ1) is 14.8. The van der Waals surface area contributed by atoms with Crippen molar-refractivity contribution in [2.75, 3.05) is 5.73 Å². The predicted octanol–water partition coefficient (Wildman–Crippen LogP) is 2.66. The second-order valence-corrected chi connectivity index (χ2v) is 6.93. The van der Waals surface area contributed by atoms with E-state index in [0.717, 1.165) is 12.3 Å². The van der Waals surface area contributed by atoms with Gasteiger partial charge < -0.3 is 10.7 Å². The van der Waals surface area contributed by atoms with Crippen LogP contribution in [0.2, 0.25) is 5.02 Å². The fourth-order valence-electron chi connectivity index (χ4n) is 3.05. The van der Waals surface area contributed by atoms with Gasteiger partial charge in [-0.3, -0.25) is 30.2 Å². The minimum Gasteiger partial charge on any atom is -0.397 e. The highest BCUT2D eigenvalue weighted by Gasteiger charge is 2.19. The van der Waals surface area contributed by atoms with Crippen LogP contribution in [-0.2, 0) is 0 Å². The van der Waals surface area contributed by atoms with Gasteiger partial charge in [0.2, 0.25) is 5.43 Å². The number of aromatic nitrogens is 2. The summed E-state index contributed by atoms with van der Waals surface area (Å²) in [6, 6.07) is 6.25. The molecule has 31 heavy (non-hydrogen) atoms. The van der Waals surface area contributed by atoms with Crippen molar-refractivity contribution in [1.29, 1.82) is 0 Å². The third kappa shape index (κ3) is 3.64. The van der Waals surface area contributed by atoms with Crippen LogP contribution in [0.25, 0.3) is 21.8 Å². The Hall–Kier alpha value is -4.05. The number of halogens is 3. The normalized spacial score (nSPS) is 10.9. The molecule has 0 aliphatic rings. The number of nitrogens with one attached hydrogen (secondary N) is 3. The minimum absolute atomic E-state index is 0.0380. The topological polar surface area (TPSA) is 130 Å². The summed E-state index contributed by atoms with van der Waals surface area (Å²) in [5, 5.41) is 0.356. The first-order valence-corrected chi connectivity index (χ1v) is 9.09. The van der Waals surface area contributed by atoms with Crippen LogP contribution in [-0.4, -0.2) is 21.8 Å². The van der Waals surface area contributed by atoms with E-state index in [2.05, 4.69) is 20.8 Å². The molecule has 4 rings (SSSR count). The Bertz CT molecular complexity index is 1450. The van der Waals surface area contributed by atoms with Gasteiger partial charge in [0.1, 0.15) is 17.2 Å². The highest BCUT2D eigenvalue weighted by Crippen LogP contribution is 2.25. The fourth-order valence-corrected chi connectivity index (χ4v) is 3.22. The number of H-pyrrole nitrogens is 1. The number of hydrogen-bond acceptors (Lipinski definition) is 5. The Labute approximate surface area is 177 Å². The minimum atomic E-state index is -1.12. The summed E-state index contributed by atoms with van der Waals surface area (Å²) < 4.78 is 27.3. The summed E-state index contributed by atoms with van der Waals surface area (Å²) in [6.45, 7) is 0. The Morgan fingerprint density at radius 2 is 1.77 bits per heavy atom. The number of nitrogen functional groups attached to an aromatic ring is 1. The smallest absolute Gasteiger partial charge is 0.275 e. The monoisotopic (exact) mass is 443 g/mol. The van der Waals surface area contributed by atoms with Crippen molar-refractivity contribution >= 4 is 50.9 Å². The van der Waals surface area contributed by atoms with Crippen molar-refractivity contribution in [3.63, 3.8) is 0 Å². The number of amides is 2. The summed E-state index contributed by atoms with van der Waals surface area (Å²) in [7, 11) is 0. The van der Waals surface area contributed by atoms with Crippen LogP contribution in [0.4, 0.5) is 14.5 Å². The summed E-state index contributed by atoms with van der Waals surface area (Å²) in [4.78, 5) is 43.9. The van der Waals surface area contributed by atoms with Gasteiger partial charge >= 0.3 is 0 Å². The molecule has 0 fully saturated rings. The maximum Gasteiger partial charge on any atom is 0.275 e. The number of carbonyl (C=O) groups excluding carboxylic acids is 2. The number of benzene rings is 2. The SMILES string of the molecule is Nc1c(C(=O)NNC(=O)c2c[nH]c3cc(F)cc(F)c3c2=O)cnc2ccc(Cl)cc12. The van der Waals surface area contributed by atoms with E-state index in [4.69, 9.17) is 17.3 Å². The third-order valence-electron chi connectivity index (χ3n) is 4.55. The van der Waals surface area contributed by atoms with Crippen molar-refractivity contribution in [2.45, 2.75) is 0 Å². The van der Waals surface area contributed by atoms with E-state index in [1.807, 2.05) is 0 Å².